The number of benzene rings is 2. The second-order valence-electron chi connectivity index (χ2n) is 9.51. The fourth-order valence-corrected chi connectivity index (χ4v) is 6.37. The predicted octanol–water partition coefficient (Wildman–Crippen LogP) is 5.40. The van der Waals surface area contributed by atoms with Crippen LogP contribution in [-0.2, 0) is 25.0 Å². The Bertz CT molecular complexity index is 1490. The highest BCUT2D eigenvalue weighted by Crippen LogP contribution is 2.47. The molecular formula is C28H32FN6O4P. The molecular weight excluding hydrogens is 534 g/mol. The fraction of sp³-hybridized carbons (Fsp3) is 0.357. The summed E-state index contributed by atoms with van der Waals surface area (Å²) in [5.74, 6) is 0.347. The number of imidazole rings is 1. The number of H-pyrrole nitrogens is 1. The lowest BCUT2D eigenvalue weighted by Crippen LogP contribution is -2.32. The van der Waals surface area contributed by atoms with E-state index in [9.17, 15) is 13.8 Å². The molecule has 1 aliphatic heterocycles. The summed E-state index contributed by atoms with van der Waals surface area (Å²) in [5.41, 5.74) is 4.78. The monoisotopic (exact) mass is 566 g/mol. The number of aromatic amines is 1. The molecule has 1 unspecified atom stereocenters. The van der Waals surface area contributed by atoms with Crippen molar-refractivity contribution in [3.63, 3.8) is 0 Å². The number of hydrogen-bond donors (Lipinski definition) is 2. The molecule has 0 radical (unpaired) electrons. The zero-order valence-corrected chi connectivity index (χ0v) is 23.4. The Morgan fingerprint density at radius 3 is 2.38 bits per heavy atom. The molecule has 1 saturated heterocycles. The van der Waals surface area contributed by atoms with E-state index in [-0.39, 0.29) is 23.8 Å². The van der Waals surface area contributed by atoms with Crippen molar-refractivity contribution in [3.8, 4) is 33.9 Å². The van der Waals surface area contributed by atoms with Gasteiger partial charge >= 0.3 is 7.60 Å². The van der Waals surface area contributed by atoms with Gasteiger partial charge in [-0.15, -0.1) is 5.10 Å². The van der Waals surface area contributed by atoms with Crippen LogP contribution < -0.4 is 5.32 Å². The van der Waals surface area contributed by atoms with Gasteiger partial charge < -0.3 is 19.3 Å². The maximum atomic E-state index is 13.6. The molecule has 1 amide bonds. The number of hydrogen-bond acceptors (Lipinski definition) is 7. The Balaban J connectivity index is 1.36. The third kappa shape index (κ3) is 6.38. The molecule has 2 aromatic heterocycles. The number of nitrogens with zero attached hydrogens (tertiary/aromatic N) is 4. The Labute approximate surface area is 231 Å². The van der Waals surface area contributed by atoms with E-state index in [1.807, 2.05) is 24.3 Å². The van der Waals surface area contributed by atoms with Crippen LogP contribution >= 0.6 is 7.60 Å². The number of rotatable bonds is 11. The van der Waals surface area contributed by atoms with Crippen molar-refractivity contribution >= 4 is 13.5 Å². The molecule has 1 atom stereocenters. The Kier molecular flexibility index (Phi) is 8.54. The molecule has 4 aromatic rings. The van der Waals surface area contributed by atoms with Crippen molar-refractivity contribution < 1.29 is 22.8 Å². The lowest BCUT2D eigenvalue weighted by molar-refractivity contribution is -0.122. The van der Waals surface area contributed by atoms with Crippen LogP contribution in [0.25, 0.3) is 33.9 Å². The Morgan fingerprint density at radius 1 is 1.02 bits per heavy atom. The molecule has 0 aliphatic carbocycles. The van der Waals surface area contributed by atoms with E-state index in [1.54, 1.807) is 36.9 Å². The topological polar surface area (TPSA) is 124 Å². The summed E-state index contributed by atoms with van der Waals surface area (Å²) in [7, 11) is -3.17. The van der Waals surface area contributed by atoms with Gasteiger partial charge in [0.05, 0.1) is 37.8 Å². The van der Waals surface area contributed by atoms with Crippen molar-refractivity contribution in [1.82, 2.24) is 30.3 Å². The number of piperidine rings is 1. The molecule has 1 aliphatic rings. The first-order valence-electron chi connectivity index (χ1n) is 13.4. The SMILES string of the molecule is CCOP(=O)(CCn1cc(-c2ccc(-c3nc(-c4ccc(F)cc4)c(C4CCNC(=O)C4)[nH]3)cc2)nn1)OCC. The third-order valence-corrected chi connectivity index (χ3v) is 8.80. The van der Waals surface area contributed by atoms with Crippen LogP contribution in [-0.4, -0.2) is 56.8 Å². The number of halogens is 1. The molecule has 1 fully saturated rings. The fourth-order valence-electron chi connectivity index (χ4n) is 4.80. The van der Waals surface area contributed by atoms with E-state index in [4.69, 9.17) is 14.0 Å². The number of nitrogens with one attached hydrogen (secondary N) is 2. The van der Waals surface area contributed by atoms with Gasteiger partial charge in [-0.05, 0) is 44.5 Å². The highest BCUT2D eigenvalue weighted by molar-refractivity contribution is 7.53. The van der Waals surface area contributed by atoms with Crippen molar-refractivity contribution in [3.05, 3.63) is 66.2 Å². The van der Waals surface area contributed by atoms with Crippen LogP contribution in [0.15, 0.2) is 54.7 Å². The summed E-state index contributed by atoms with van der Waals surface area (Å²) in [4.78, 5) is 20.4. The summed E-state index contributed by atoms with van der Waals surface area (Å²) in [5, 5.41) is 11.3. The van der Waals surface area contributed by atoms with Crippen LogP contribution in [0, 0.1) is 5.82 Å². The zero-order chi connectivity index (χ0) is 28.1. The average molecular weight is 567 g/mol. The highest BCUT2D eigenvalue weighted by atomic mass is 31.2. The number of aromatic nitrogens is 5. The molecule has 10 nitrogen and oxygen atoms in total. The normalized spacial score (nSPS) is 15.8. The number of aryl methyl sites for hydroxylation is 1. The molecule has 2 N–H and O–H groups in total. The second kappa shape index (κ2) is 12.2. The van der Waals surface area contributed by atoms with E-state index < -0.39 is 7.60 Å². The van der Waals surface area contributed by atoms with Crippen molar-refractivity contribution in [2.45, 2.75) is 39.2 Å². The van der Waals surface area contributed by atoms with Crippen molar-refractivity contribution in [2.24, 2.45) is 0 Å². The molecule has 0 spiro atoms. The van der Waals surface area contributed by atoms with Crippen LogP contribution in [0.2, 0.25) is 0 Å². The smallest absolute Gasteiger partial charge is 0.332 e. The Morgan fingerprint density at radius 2 is 1.70 bits per heavy atom. The van der Waals surface area contributed by atoms with E-state index in [0.717, 1.165) is 34.5 Å². The minimum absolute atomic E-state index is 0.00782. The lowest BCUT2D eigenvalue weighted by atomic mass is 9.91. The highest BCUT2D eigenvalue weighted by Gasteiger charge is 2.27. The molecule has 0 bridgehead atoms. The first-order chi connectivity index (χ1) is 19.4. The summed E-state index contributed by atoms with van der Waals surface area (Å²) in [6.07, 6.45) is 3.16. The maximum absolute atomic E-state index is 13.6. The first-order valence-corrected chi connectivity index (χ1v) is 15.1. The number of carbonyl (C=O) groups excluding carboxylic acids is 1. The van der Waals surface area contributed by atoms with Gasteiger partial charge in [0, 0.05) is 41.3 Å². The maximum Gasteiger partial charge on any atom is 0.332 e. The van der Waals surface area contributed by atoms with E-state index in [0.29, 0.717) is 44.2 Å². The van der Waals surface area contributed by atoms with E-state index in [2.05, 4.69) is 20.6 Å². The van der Waals surface area contributed by atoms with Gasteiger partial charge in [0.25, 0.3) is 0 Å². The molecule has 0 saturated carbocycles. The van der Waals surface area contributed by atoms with Crippen molar-refractivity contribution in [1.29, 1.82) is 0 Å². The molecule has 5 rings (SSSR count). The van der Waals surface area contributed by atoms with Crippen molar-refractivity contribution in [2.75, 3.05) is 25.9 Å². The quantitative estimate of drug-likeness (QED) is 0.233. The van der Waals surface area contributed by atoms with Gasteiger partial charge in [-0.3, -0.25) is 14.0 Å². The number of carbonyl (C=O) groups is 1. The largest absolute Gasteiger partial charge is 0.356 e. The Hall–Kier alpha value is -3.66. The van der Waals surface area contributed by atoms with Crippen LogP contribution in [0.1, 0.15) is 38.3 Å². The van der Waals surface area contributed by atoms with Crippen LogP contribution in [0.5, 0.6) is 0 Å². The zero-order valence-electron chi connectivity index (χ0n) is 22.5. The summed E-state index contributed by atoms with van der Waals surface area (Å²) < 4.78 is 38.7. The summed E-state index contributed by atoms with van der Waals surface area (Å²) >= 11 is 0. The number of amides is 1. The minimum Gasteiger partial charge on any atom is -0.356 e. The standard InChI is InChI=1S/C28H32FN6O4P/c1-3-38-40(37,39-4-2)16-15-35-18-24(33-34-35)19-5-7-21(8-6-19)28-31-26(20-9-11-23(29)12-10-20)27(32-28)22-13-14-30-25(36)17-22/h5-12,18,22H,3-4,13-17H2,1-2H3,(H,30,36)(H,31,32). The molecule has 210 valence electrons. The average Bonchev–Trinajstić information content (AvgIpc) is 3.61. The minimum atomic E-state index is -3.17. The van der Waals surface area contributed by atoms with Gasteiger partial charge in [0.15, 0.2) is 0 Å². The molecule has 2 aromatic carbocycles. The second-order valence-corrected chi connectivity index (χ2v) is 11.7. The van der Waals surface area contributed by atoms with Gasteiger partial charge in [-0.2, -0.15) is 0 Å². The third-order valence-electron chi connectivity index (χ3n) is 6.75. The summed E-state index contributed by atoms with van der Waals surface area (Å²) in [6.45, 7) is 5.14. The lowest BCUT2D eigenvalue weighted by Gasteiger charge is -2.22. The molecule has 3 heterocycles. The summed E-state index contributed by atoms with van der Waals surface area (Å²) in [6, 6.07) is 14.0. The van der Waals surface area contributed by atoms with Gasteiger partial charge in [0.1, 0.15) is 17.3 Å². The predicted molar refractivity (Wildman–Crippen MR) is 149 cm³/mol. The van der Waals surface area contributed by atoms with Gasteiger partial charge in [0.2, 0.25) is 5.91 Å². The van der Waals surface area contributed by atoms with Crippen LogP contribution in [0.3, 0.4) is 0 Å². The van der Waals surface area contributed by atoms with E-state index in [1.165, 1.54) is 12.1 Å². The van der Waals surface area contributed by atoms with Crippen LogP contribution in [0.4, 0.5) is 4.39 Å². The first kappa shape index (κ1) is 27.9. The van der Waals surface area contributed by atoms with E-state index >= 15 is 0 Å². The molecule has 12 heteroatoms. The van der Waals surface area contributed by atoms with Gasteiger partial charge in [-0.25, -0.2) is 9.37 Å². The molecule has 40 heavy (non-hydrogen) atoms. The van der Waals surface area contributed by atoms with Gasteiger partial charge in [-0.1, -0.05) is 29.5 Å².